The Morgan fingerprint density at radius 2 is 2.00 bits per heavy atom. The van der Waals surface area contributed by atoms with Crippen LogP contribution in [-0.2, 0) is 10.0 Å². The van der Waals surface area contributed by atoms with Gasteiger partial charge in [0.2, 0.25) is 10.0 Å². The molecular weight excluding hydrogens is 440 g/mol. The minimum atomic E-state index is -3.77. The molecule has 9 heteroatoms. The summed E-state index contributed by atoms with van der Waals surface area (Å²) < 4.78 is 39.2. The monoisotopic (exact) mass is 464 g/mol. The number of fused-ring (bicyclic) bond motifs is 1. The van der Waals surface area contributed by atoms with E-state index < -0.39 is 15.9 Å². The number of nitrogens with one attached hydrogen (secondary N) is 1. The average Bonchev–Trinajstić information content (AvgIpc) is 2.77. The van der Waals surface area contributed by atoms with Gasteiger partial charge in [0, 0.05) is 18.7 Å². The van der Waals surface area contributed by atoms with Crippen molar-refractivity contribution in [2.24, 2.45) is 5.92 Å². The maximum Gasteiger partial charge on any atom is 0.251 e. The van der Waals surface area contributed by atoms with E-state index in [1.807, 2.05) is 25.1 Å². The predicted molar refractivity (Wildman–Crippen MR) is 117 cm³/mol. The van der Waals surface area contributed by atoms with Gasteiger partial charge in [-0.05, 0) is 49.1 Å². The Morgan fingerprint density at radius 3 is 2.77 bits per heavy atom. The number of hydrogen-bond acceptors (Lipinski definition) is 5. The minimum absolute atomic E-state index is 0.0397. The molecule has 0 spiro atoms. The number of rotatable bonds is 5. The Bertz CT molecular complexity index is 1080. The lowest BCUT2D eigenvalue weighted by atomic mass is 10.0. The first kappa shape index (κ1) is 21.9. The summed E-state index contributed by atoms with van der Waals surface area (Å²) in [6.45, 7) is 3.48. The van der Waals surface area contributed by atoms with Crippen LogP contribution in [0, 0.1) is 5.92 Å². The first-order chi connectivity index (χ1) is 14.8. The van der Waals surface area contributed by atoms with Crippen LogP contribution < -0.4 is 14.8 Å². The molecule has 1 N–H and O–H groups in total. The van der Waals surface area contributed by atoms with Crippen LogP contribution in [0.15, 0.2) is 47.4 Å². The highest BCUT2D eigenvalue weighted by Gasteiger charge is 2.31. The fourth-order valence-electron chi connectivity index (χ4n) is 3.82. The van der Waals surface area contributed by atoms with E-state index in [2.05, 4.69) is 5.32 Å². The van der Waals surface area contributed by atoms with Crippen molar-refractivity contribution in [3.8, 4) is 11.5 Å². The molecule has 0 aliphatic carbocycles. The molecule has 1 saturated heterocycles. The average molecular weight is 465 g/mol. The Morgan fingerprint density at radius 1 is 1.23 bits per heavy atom. The number of sulfonamides is 1. The van der Waals surface area contributed by atoms with Crippen molar-refractivity contribution >= 4 is 27.5 Å². The lowest BCUT2D eigenvalue weighted by Gasteiger charge is -2.30. The van der Waals surface area contributed by atoms with Gasteiger partial charge in [-0.25, -0.2) is 8.42 Å². The van der Waals surface area contributed by atoms with Crippen molar-refractivity contribution in [3.05, 3.63) is 53.1 Å². The van der Waals surface area contributed by atoms with Crippen LogP contribution in [0.3, 0.4) is 0 Å². The highest BCUT2D eigenvalue weighted by atomic mass is 35.5. The maximum atomic E-state index is 13.1. The van der Waals surface area contributed by atoms with Gasteiger partial charge in [0.05, 0.1) is 11.6 Å². The topological polar surface area (TPSA) is 84.9 Å². The third-order valence-electron chi connectivity index (χ3n) is 5.49. The molecule has 0 aromatic heterocycles. The van der Waals surface area contributed by atoms with E-state index in [4.69, 9.17) is 21.1 Å². The lowest BCUT2D eigenvalue weighted by Crippen LogP contribution is -2.41. The zero-order valence-electron chi connectivity index (χ0n) is 17.2. The zero-order valence-corrected chi connectivity index (χ0v) is 18.8. The molecule has 0 saturated carbocycles. The van der Waals surface area contributed by atoms with Gasteiger partial charge in [0.15, 0.2) is 11.5 Å². The summed E-state index contributed by atoms with van der Waals surface area (Å²) >= 11 is 6.21. The Balaban J connectivity index is 1.45. The number of hydrogen-bond donors (Lipinski definition) is 1. The third kappa shape index (κ3) is 4.81. The Hall–Kier alpha value is -2.29. The zero-order chi connectivity index (χ0) is 22.0. The van der Waals surface area contributed by atoms with Gasteiger partial charge in [0.25, 0.3) is 5.91 Å². The Kier molecular flexibility index (Phi) is 6.41. The predicted octanol–water partition coefficient (Wildman–Crippen LogP) is 3.33. The highest BCUT2D eigenvalue weighted by Crippen LogP contribution is 2.31. The van der Waals surface area contributed by atoms with Crippen molar-refractivity contribution in [3.63, 3.8) is 0 Å². The fraction of sp³-hybridized carbons (Fsp3) is 0.409. The van der Waals surface area contributed by atoms with E-state index in [-0.39, 0.29) is 34.0 Å². The smallest absolute Gasteiger partial charge is 0.251 e. The van der Waals surface area contributed by atoms with Crippen molar-refractivity contribution < 1.29 is 22.7 Å². The number of ether oxygens (including phenoxy) is 2. The molecule has 1 fully saturated rings. The normalized spacial score (nSPS) is 21.5. The molecule has 2 aliphatic rings. The van der Waals surface area contributed by atoms with Crippen molar-refractivity contribution in [1.82, 2.24) is 9.62 Å². The van der Waals surface area contributed by atoms with Gasteiger partial charge in [-0.15, -0.1) is 0 Å². The van der Waals surface area contributed by atoms with Gasteiger partial charge in [-0.1, -0.05) is 30.7 Å². The maximum absolute atomic E-state index is 13.1. The minimum Gasteiger partial charge on any atom is -0.486 e. The van der Waals surface area contributed by atoms with Crippen LogP contribution in [0.5, 0.6) is 11.5 Å². The number of carbonyl (C=O) groups excluding carboxylic acids is 1. The second-order valence-electron chi connectivity index (χ2n) is 7.96. The van der Waals surface area contributed by atoms with Crippen molar-refractivity contribution in [2.45, 2.75) is 30.8 Å². The lowest BCUT2D eigenvalue weighted by molar-refractivity contribution is 0.0789. The molecular formula is C22H25ClN2O5S. The van der Waals surface area contributed by atoms with Gasteiger partial charge in [-0.2, -0.15) is 4.31 Å². The number of para-hydroxylation sites is 2. The molecule has 2 aromatic rings. The summed E-state index contributed by atoms with van der Waals surface area (Å²) in [6, 6.07) is 11.7. The molecule has 2 atom stereocenters. The molecule has 2 aromatic carbocycles. The van der Waals surface area contributed by atoms with Crippen molar-refractivity contribution in [1.29, 1.82) is 0 Å². The molecule has 0 radical (unpaired) electrons. The molecule has 4 rings (SSSR count). The van der Waals surface area contributed by atoms with Crippen LogP contribution in [0.4, 0.5) is 0 Å². The van der Waals surface area contributed by atoms with Crippen LogP contribution in [0.1, 0.15) is 30.1 Å². The van der Waals surface area contributed by atoms with Crippen LogP contribution in [0.25, 0.3) is 0 Å². The summed E-state index contributed by atoms with van der Waals surface area (Å²) in [5, 5.41) is 2.90. The molecule has 31 heavy (non-hydrogen) atoms. The summed E-state index contributed by atoms with van der Waals surface area (Å²) in [4.78, 5) is 12.7. The molecule has 0 unspecified atom stereocenters. The first-order valence-electron chi connectivity index (χ1n) is 10.3. The largest absolute Gasteiger partial charge is 0.486 e. The van der Waals surface area contributed by atoms with Gasteiger partial charge >= 0.3 is 0 Å². The summed E-state index contributed by atoms with van der Waals surface area (Å²) in [7, 11) is -3.77. The SMILES string of the molecule is C[C@H]1CCCN(S(=O)(=O)c2cc(C(=O)NC[C@H]3COc4ccccc4O3)ccc2Cl)C1. The van der Waals surface area contributed by atoms with E-state index in [0.29, 0.717) is 31.2 Å². The van der Waals surface area contributed by atoms with Gasteiger partial charge in [-0.3, -0.25) is 4.79 Å². The van der Waals surface area contributed by atoms with E-state index in [1.54, 1.807) is 6.07 Å². The number of amides is 1. The molecule has 166 valence electrons. The number of carbonyl (C=O) groups is 1. The molecule has 2 aliphatic heterocycles. The summed E-state index contributed by atoms with van der Waals surface area (Å²) in [5.41, 5.74) is 0.227. The second kappa shape index (κ2) is 9.06. The standard InChI is InChI=1S/C22H25ClN2O5S/c1-15-5-4-10-25(13-15)31(27,28)21-11-16(8-9-18(21)23)22(26)24-12-17-14-29-19-6-2-3-7-20(19)30-17/h2-3,6-9,11,15,17H,4-5,10,12-14H2,1H3,(H,24,26)/t15-,17-/m0/s1. The van der Waals surface area contributed by atoms with Crippen LogP contribution in [0.2, 0.25) is 5.02 Å². The summed E-state index contributed by atoms with van der Waals surface area (Å²) in [6.07, 6.45) is 1.47. The van der Waals surface area contributed by atoms with Gasteiger partial charge in [0.1, 0.15) is 17.6 Å². The first-order valence-corrected chi connectivity index (χ1v) is 12.1. The number of benzene rings is 2. The van der Waals surface area contributed by atoms with E-state index in [9.17, 15) is 13.2 Å². The quantitative estimate of drug-likeness (QED) is 0.733. The molecule has 2 heterocycles. The van der Waals surface area contributed by atoms with Crippen molar-refractivity contribution in [2.75, 3.05) is 26.2 Å². The summed E-state index contributed by atoms with van der Waals surface area (Å²) in [5.74, 6) is 1.19. The van der Waals surface area contributed by atoms with E-state index in [0.717, 1.165) is 12.8 Å². The molecule has 7 nitrogen and oxygen atoms in total. The van der Waals surface area contributed by atoms with E-state index >= 15 is 0 Å². The Labute approximate surface area is 187 Å². The fourth-order valence-corrected chi connectivity index (χ4v) is 5.92. The molecule has 1 amide bonds. The van der Waals surface area contributed by atoms with Gasteiger partial charge < -0.3 is 14.8 Å². The van der Waals surface area contributed by atoms with Crippen LogP contribution >= 0.6 is 11.6 Å². The second-order valence-corrected chi connectivity index (χ2v) is 10.3. The van der Waals surface area contributed by atoms with E-state index in [1.165, 1.54) is 22.5 Å². The third-order valence-corrected chi connectivity index (χ3v) is 7.84. The number of nitrogens with zero attached hydrogens (tertiary/aromatic N) is 1. The highest BCUT2D eigenvalue weighted by molar-refractivity contribution is 7.89. The number of halogens is 1. The van der Waals surface area contributed by atoms with Crippen LogP contribution in [-0.4, -0.2) is 51.0 Å². The number of piperidine rings is 1. The molecule has 0 bridgehead atoms.